The van der Waals surface area contributed by atoms with Crippen molar-refractivity contribution in [2.45, 2.75) is 18.4 Å². The largest absolute Gasteiger partial charge is 0.445 e. The van der Waals surface area contributed by atoms with Crippen molar-refractivity contribution in [1.82, 2.24) is 14.7 Å². The van der Waals surface area contributed by atoms with Crippen molar-refractivity contribution in [2.24, 2.45) is 5.84 Å². The number of aryl methyl sites for hydroxylation is 1. The van der Waals surface area contributed by atoms with Crippen LogP contribution in [0.1, 0.15) is 11.7 Å². The molecule has 2 heterocycles. The normalized spacial score (nSPS) is 11.6. The zero-order valence-electron chi connectivity index (χ0n) is 10.4. The molecule has 0 saturated heterocycles. The van der Waals surface area contributed by atoms with Gasteiger partial charge in [0.25, 0.3) is 0 Å². The molecule has 0 aliphatic carbocycles. The Morgan fingerprint density at radius 3 is 2.70 bits per heavy atom. The second-order valence-electron chi connectivity index (χ2n) is 3.83. The van der Waals surface area contributed by atoms with Crippen molar-refractivity contribution >= 4 is 27.4 Å². The van der Waals surface area contributed by atoms with Gasteiger partial charge in [0.05, 0.1) is 17.8 Å². The van der Waals surface area contributed by atoms with Gasteiger partial charge in [0.15, 0.2) is 5.82 Å². The standard InChI is InChI=1S/C10H12ClN5O3S/c1-6-3-13-9(19-6)5-15-20(17,18)7-2-8(11)10(16-12)14-4-7/h2-4,15H,5,12H2,1H3,(H,14,16). The topological polar surface area (TPSA) is 123 Å². The molecule has 0 spiro atoms. The zero-order chi connectivity index (χ0) is 14.8. The second kappa shape index (κ2) is 5.75. The maximum atomic E-state index is 12.0. The number of hydrogen-bond donors (Lipinski definition) is 3. The molecule has 0 aliphatic rings. The van der Waals surface area contributed by atoms with Gasteiger partial charge in [-0.05, 0) is 13.0 Å². The molecule has 0 amide bonds. The van der Waals surface area contributed by atoms with E-state index in [0.29, 0.717) is 5.76 Å². The van der Waals surface area contributed by atoms with Crippen LogP contribution in [0, 0.1) is 6.92 Å². The number of nitrogens with one attached hydrogen (secondary N) is 2. The first-order chi connectivity index (χ1) is 9.42. The quantitative estimate of drug-likeness (QED) is 0.550. The lowest BCUT2D eigenvalue weighted by Crippen LogP contribution is -2.23. The Kier molecular flexibility index (Phi) is 4.23. The summed E-state index contributed by atoms with van der Waals surface area (Å²) in [4.78, 5) is 7.61. The summed E-state index contributed by atoms with van der Waals surface area (Å²) in [6, 6.07) is 1.24. The van der Waals surface area contributed by atoms with E-state index in [1.165, 1.54) is 12.3 Å². The van der Waals surface area contributed by atoms with Crippen LogP contribution in [-0.4, -0.2) is 18.4 Å². The smallest absolute Gasteiger partial charge is 0.242 e. The number of aromatic nitrogens is 2. The molecule has 4 N–H and O–H groups in total. The maximum Gasteiger partial charge on any atom is 0.242 e. The number of sulfonamides is 1. The van der Waals surface area contributed by atoms with Crippen LogP contribution in [0.4, 0.5) is 5.82 Å². The summed E-state index contributed by atoms with van der Waals surface area (Å²) >= 11 is 5.83. The number of halogens is 1. The third-order valence-corrected chi connectivity index (χ3v) is 4.00. The van der Waals surface area contributed by atoms with E-state index in [1.54, 1.807) is 6.92 Å². The van der Waals surface area contributed by atoms with Gasteiger partial charge >= 0.3 is 0 Å². The SMILES string of the molecule is Cc1cnc(CNS(=O)(=O)c2cnc(NN)c(Cl)c2)o1. The highest BCUT2D eigenvalue weighted by molar-refractivity contribution is 7.89. The molecular weight excluding hydrogens is 306 g/mol. The first kappa shape index (κ1) is 14.7. The van der Waals surface area contributed by atoms with E-state index in [4.69, 9.17) is 21.9 Å². The van der Waals surface area contributed by atoms with Gasteiger partial charge in [-0.25, -0.2) is 29.0 Å². The molecule has 2 aromatic heterocycles. The lowest BCUT2D eigenvalue weighted by molar-refractivity contribution is 0.463. The lowest BCUT2D eigenvalue weighted by atomic mass is 10.5. The molecule has 10 heteroatoms. The molecule has 0 unspecified atom stereocenters. The summed E-state index contributed by atoms with van der Waals surface area (Å²) in [5, 5.41) is 0.0994. The maximum absolute atomic E-state index is 12.0. The van der Waals surface area contributed by atoms with Crippen LogP contribution in [0.2, 0.25) is 5.02 Å². The summed E-state index contributed by atoms with van der Waals surface area (Å²) in [6.45, 7) is 1.65. The summed E-state index contributed by atoms with van der Waals surface area (Å²) < 4.78 is 31.6. The van der Waals surface area contributed by atoms with Crippen molar-refractivity contribution < 1.29 is 12.8 Å². The minimum absolute atomic E-state index is 0.0648. The molecule has 0 radical (unpaired) electrons. The van der Waals surface area contributed by atoms with E-state index in [-0.39, 0.29) is 28.2 Å². The Hall–Kier alpha value is -1.68. The van der Waals surface area contributed by atoms with Gasteiger partial charge in [-0.3, -0.25) is 0 Å². The Morgan fingerprint density at radius 2 is 2.15 bits per heavy atom. The number of hydrogen-bond acceptors (Lipinski definition) is 7. The minimum Gasteiger partial charge on any atom is -0.445 e. The number of pyridine rings is 1. The number of nitrogens with two attached hydrogens (primary N) is 1. The van der Waals surface area contributed by atoms with Crippen LogP contribution in [0.3, 0.4) is 0 Å². The second-order valence-corrected chi connectivity index (χ2v) is 6.01. The van der Waals surface area contributed by atoms with Gasteiger partial charge in [-0.2, -0.15) is 0 Å². The number of hydrazine groups is 1. The molecular formula is C10H12ClN5O3S. The number of rotatable bonds is 5. The zero-order valence-corrected chi connectivity index (χ0v) is 12.0. The van der Waals surface area contributed by atoms with Gasteiger partial charge in [0.2, 0.25) is 15.9 Å². The fraction of sp³-hybridized carbons (Fsp3) is 0.200. The van der Waals surface area contributed by atoms with E-state index in [9.17, 15) is 8.42 Å². The minimum atomic E-state index is -3.76. The molecule has 2 aromatic rings. The molecule has 0 aliphatic heterocycles. The summed E-state index contributed by atoms with van der Waals surface area (Å²) in [5.41, 5.74) is 2.25. The van der Waals surface area contributed by atoms with E-state index < -0.39 is 10.0 Å². The van der Waals surface area contributed by atoms with Crippen LogP contribution >= 0.6 is 11.6 Å². The Balaban J connectivity index is 2.15. The highest BCUT2D eigenvalue weighted by Crippen LogP contribution is 2.21. The fourth-order valence-corrected chi connectivity index (χ4v) is 2.63. The van der Waals surface area contributed by atoms with Crippen molar-refractivity contribution in [3.8, 4) is 0 Å². The van der Waals surface area contributed by atoms with E-state index >= 15 is 0 Å². The Labute approximate surface area is 120 Å². The predicted octanol–water partition coefficient (Wildman–Crippen LogP) is 0.796. The van der Waals surface area contributed by atoms with Crippen molar-refractivity contribution in [1.29, 1.82) is 0 Å². The first-order valence-corrected chi connectivity index (χ1v) is 7.31. The van der Waals surface area contributed by atoms with Gasteiger partial charge in [0, 0.05) is 6.20 Å². The molecule has 0 fully saturated rings. The van der Waals surface area contributed by atoms with Gasteiger partial charge in [-0.15, -0.1) is 0 Å². The summed E-state index contributed by atoms with van der Waals surface area (Å²) in [6.07, 6.45) is 2.65. The molecule has 8 nitrogen and oxygen atoms in total. The van der Waals surface area contributed by atoms with Gasteiger partial charge in [0.1, 0.15) is 10.7 Å². The summed E-state index contributed by atoms with van der Waals surface area (Å²) in [7, 11) is -3.76. The average molecular weight is 318 g/mol. The van der Waals surface area contributed by atoms with Crippen molar-refractivity contribution in [3.63, 3.8) is 0 Å². The molecule has 0 atom stereocenters. The number of oxazole rings is 1. The van der Waals surface area contributed by atoms with E-state index in [2.05, 4.69) is 20.1 Å². The molecule has 0 saturated carbocycles. The Morgan fingerprint density at radius 1 is 1.40 bits per heavy atom. The van der Waals surface area contributed by atoms with Gasteiger partial charge < -0.3 is 9.84 Å². The third kappa shape index (κ3) is 3.25. The average Bonchev–Trinajstić information content (AvgIpc) is 2.82. The highest BCUT2D eigenvalue weighted by atomic mass is 35.5. The van der Waals surface area contributed by atoms with Crippen LogP contribution in [0.5, 0.6) is 0 Å². The molecule has 0 bridgehead atoms. The number of anilines is 1. The Bertz CT molecular complexity index is 715. The molecule has 108 valence electrons. The molecule has 2 rings (SSSR count). The first-order valence-electron chi connectivity index (χ1n) is 5.45. The summed E-state index contributed by atoms with van der Waals surface area (Å²) in [5.74, 6) is 6.22. The monoisotopic (exact) mass is 317 g/mol. The van der Waals surface area contributed by atoms with Crippen LogP contribution in [-0.2, 0) is 16.6 Å². The van der Waals surface area contributed by atoms with Gasteiger partial charge in [-0.1, -0.05) is 11.6 Å². The van der Waals surface area contributed by atoms with Crippen LogP contribution in [0.25, 0.3) is 0 Å². The highest BCUT2D eigenvalue weighted by Gasteiger charge is 2.17. The third-order valence-electron chi connectivity index (χ3n) is 2.35. The number of nitrogen functional groups attached to an aromatic ring is 1. The van der Waals surface area contributed by atoms with Crippen molar-refractivity contribution in [2.75, 3.05) is 5.43 Å². The van der Waals surface area contributed by atoms with Crippen molar-refractivity contribution in [3.05, 3.63) is 35.1 Å². The fourth-order valence-electron chi connectivity index (χ4n) is 1.40. The van der Waals surface area contributed by atoms with Crippen LogP contribution < -0.4 is 16.0 Å². The molecule has 0 aromatic carbocycles. The van der Waals surface area contributed by atoms with Crippen LogP contribution in [0.15, 0.2) is 27.8 Å². The lowest BCUT2D eigenvalue weighted by Gasteiger charge is -2.07. The van der Waals surface area contributed by atoms with E-state index in [0.717, 1.165) is 6.20 Å². The van der Waals surface area contributed by atoms with E-state index in [1.807, 2.05) is 0 Å². The number of nitrogens with zero attached hydrogens (tertiary/aromatic N) is 2. The molecule has 20 heavy (non-hydrogen) atoms. The predicted molar refractivity (Wildman–Crippen MR) is 72.3 cm³/mol.